The Morgan fingerprint density at radius 1 is 1.41 bits per heavy atom. The molecule has 1 N–H and O–H groups in total. The van der Waals surface area contributed by atoms with Crippen LogP contribution in [0.1, 0.15) is 20.3 Å². The summed E-state index contributed by atoms with van der Waals surface area (Å²) in [4.78, 5) is 12.5. The molecule has 1 aromatic rings. The van der Waals surface area contributed by atoms with E-state index < -0.39 is 0 Å². The SMILES string of the molecule is CC/C(C)=N\NC(=O)CSc1ccc(Cl)cc1. The number of halogens is 1. The number of nitrogens with zero attached hydrogens (tertiary/aromatic N) is 1. The maximum Gasteiger partial charge on any atom is 0.250 e. The van der Waals surface area contributed by atoms with Crippen LogP contribution in [0.25, 0.3) is 0 Å². The normalized spacial score (nSPS) is 11.4. The van der Waals surface area contributed by atoms with Gasteiger partial charge in [-0.3, -0.25) is 4.79 Å². The molecule has 17 heavy (non-hydrogen) atoms. The number of carbonyl (C=O) groups excluding carboxylic acids is 1. The number of thioether (sulfide) groups is 1. The van der Waals surface area contributed by atoms with Crippen LogP contribution in [-0.2, 0) is 4.79 Å². The number of hydrazone groups is 1. The highest BCUT2D eigenvalue weighted by Gasteiger charge is 2.01. The number of hydrogen-bond donors (Lipinski definition) is 1. The highest BCUT2D eigenvalue weighted by Crippen LogP contribution is 2.19. The summed E-state index contributed by atoms with van der Waals surface area (Å²) in [6.45, 7) is 3.88. The summed E-state index contributed by atoms with van der Waals surface area (Å²) >= 11 is 7.23. The third kappa shape index (κ3) is 5.75. The Morgan fingerprint density at radius 3 is 2.65 bits per heavy atom. The Balaban J connectivity index is 2.36. The van der Waals surface area contributed by atoms with Gasteiger partial charge >= 0.3 is 0 Å². The van der Waals surface area contributed by atoms with Crippen molar-refractivity contribution in [3.8, 4) is 0 Å². The van der Waals surface area contributed by atoms with Crippen LogP contribution in [0, 0.1) is 0 Å². The molecule has 92 valence electrons. The molecule has 0 aliphatic heterocycles. The zero-order valence-electron chi connectivity index (χ0n) is 9.87. The van der Waals surface area contributed by atoms with E-state index in [1.165, 1.54) is 11.8 Å². The van der Waals surface area contributed by atoms with Crippen molar-refractivity contribution < 1.29 is 4.79 Å². The summed E-state index contributed by atoms with van der Waals surface area (Å²) in [5.74, 6) is 0.250. The van der Waals surface area contributed by atoms with E-state index in [4.69, 9.17) is 11.6 Å². The molecule has 1 rings (SSSR count). The molecule has 1 aromatic carbocycles. The third-order valence-corrected chi connectivity index (χ3v) is 3.33. The lowest BCUT2D eigenvalue weighted by atomic mass is 10.3. The van der Waals surface area contributed by atoms with Gasteiger partial charge in [0.25, 0.3) is 0 Å². The van der Waals surface area contributed by atoms with Crippen molar-refractivity contribution >= 4 is 35.0 Å². The Hall–Kier alpha value is -1.00. The van der Waals surface area contributed by atoms with E-state index >= 15 is 0 Å². The minimum absolute atomic E-state index is 0.0993. The van der Waals surface area contributed by atoms with Gasteiger partial charge in [0.15, 0.2) is 0 Å². The van der Waals surface area contributed by atoms with Crippen LogP contribution in [0.15, 0.2) is 34.3 Å². The predicted molar refractivity (Wildman–Crippen MR) is 73.7 cm³/mol. The summed E-state index contributed by atoms with van der Waals surface area (Å²) in [6.07, 6.45) is 0.838. The van der Waals surface area contributed by atoms with Crippen molar-refractivity contribution in [2.45, 2.75) is 25.2 Å². The fraction of sp³-hybridized carbons (Fsp3) is 0.333. The average molecular weight is 271 g/mol. The van der Waals surface area contributed by atoms with Gasteiger partial charge in [0, 0.05) is 15.6 Å². The molecule has 5 heteroatoms. The van der Waals surface area contributed by atoms with Crippen LogP contribution < -0.4 is 5.43 Å². The second-order valence-electron chi connectivity index (χ2n) is 3.48. The van der Waals surface area contributed by atoms with E-state index in [0.717, 1.165) is 17.0 Å². The van der Waals surface area contributed by atoms with Gasteiger partial charge < -0.3 is 0 Å². The molecule has 0 saturated carbocycles. The van der Waals surface area contributed by atoms with Crippen molar-refractivity contribution in [3.05, 3.63) is 29.3 Å². The third-order valence-electron chi connectivity index (χ3n) is 2.07. The van der Waals surface area contributed by atoms with Gasteiger partial charge in [-0.1, -0.05) is 18.5 Å². The summed E-state index contributed by atoms with van der Waals surface area (Å²) < 4.78 is 0. The Kier molecular flexibility index (Phi) is 6.08. The van der Waals surface area contributed by atoms with Crippen molar-refractivity contribution in [3.63, 3.8) is 0 Å². The van der Waals surface area contributed by atoms with Crippen molar-refractivity contribution in [1.29, 1.82) is 0 Å². The van der Waals surface area contributed by atoms with Crippen LogP contribution in [0.5, 0.6) is 0 Å². The lowest BCUT2D eigenvalue weighted by Gasteiger charge is -2.02. The molecular weight excluding hydrogens is 256 g/mol. The van der Waals surface area contributed by atoms with Gasteiger partial charge in [0.1, 0.15) is 0 Å². The minimum Gasteiger partial charge on any atom is -0.272 e. The van der Waals surface area contributed by atoms with E-state index in [1.807, 2.05) is 26.0 Å². The zero-order chi connectivity index (χ0) is 12.7. The average Bonchev–Trinajstić information content (AvgIpc) is 2.35. The molecule has 0 aliphatic rings. The topological polar surface area (TPSA) is 41.5 Å². The van der Waals surface area contributed by atoms with Gasteiger partial charge in [-0.2, -0.15) is 5.10 Å². The molecular formula is C12H15ClN2OS. The maximum absolute atomic E-state index is 11.4. The number of hydrogen-bond acceptors (Lipinski definition) is 3. The largest absolute Gasteiger partial charge is 0.272 e. The van der Waals surface area contributed by atoms with Crippen LogP contribution in [0.4, 0.5) is 0 Å². The summed E-state index contributed by atoms with van der Waals surface area (Å²) in [5.41, 5.74) is 3.43. The molecule has 0 heterocycles. The molecule has 0 saturated heterocycles. The van der Waals surface area contributed by atoms with Crippen LogP contribution in [0.3, 0.4) is 0 Å². The van der Waals surface area contributed by atoms with Gasteiger partial charge in [0.05, 0.1) is 5.75 Å². The van der Waals surface area contributed by atoms with Crippen molar-refractivity contribution in [1.82, 2.24) is 5.43 Å². The van der Waals surface area contributed by atoms with E-state index in [-0.39, 0.29) is 5.91 Å². The van der Waals surface area contributed by atoms with E-state index in [1.54, 1.807) is 12.1 Å². The maximum atomic E-state index is 11.4. The minimum atomic E-state index is -0.0993. The zero-order valence-corrected chi connectivity index (χ0v) is 11.4. The van der Waals surface area contributed by atoms with Crippen molar-refractivity contribution in [2.75, 3.05) is 5.75 Å². The molecule has 1 amide bonds. The summed E-state index contributed by atoms with van der Waals surface area (Å²) in [5, 5.41) is 4.65. The molecule has 3 nitrogen and oxygen atoms in total. The first-order valence-electron chi connectivity index (χ1n) is 5.32. The van der Waals surface area contributed by atoms with Gasteiger partial charge in [-0.05, 0) is 37.6 Å². The molecule has 0 radical (unpaired) electrons. The second kappa shape index (κ2) is 7.35. The fourth-order valence-corrected chi connectivity index (χ4v) is 1.77. The molecule has 0 aromatic heterocycles. The lowest BCUT2D eigenvalue weighted by Crippen LogP contribution is -2.20. The van der Waals surface area contributed by atoms with Gasteiger partial charge in [0.2, 0.25) is 5.91 Å². The second-order valence-corrected chi connectivity index (χ2v) is 4.96. The Labute approximate surface area is 111 Å². The molecule has 0 atom stereocenters. The van der Waals surface area contributed by atoms with Crippen LogP contribution >= 0.6 is 23.4 Å². The number of amides is 1. The molecule has 0 spiro atoms. The lowest BCUT2D eigenvalue weighted by molar-refractivity contribution is -0.118. The highest BCUT2D eigenvalue weighted by atomic mass is 35.5. The van der Waals surface area contributed by atoms with E-state index in [9.17, 15) is 4.79 Å². The van der Waals surface area contributed by atoms with Crippen LogP contribution in [-0.4, -0.2) is 17.4 Å². The van der Waals surface area contributed by atoms with Gasteiger partial charge in [-0.25, -0.2) is 5.43 Å². The first-order chi connectivity index (χ1) is 8.11. The monoisotopic (exact) mass is 270 g/mol. The summed E-state index contributed by atoms with van der Waals surface area (Å²) in [7, 11) is 0. The van der Waals surface area contributed by atoms with Gasteiger partial charge in [-0.15, -0.1) is 11.8 Å². The van der Waals surface area contributed by atoms with Crippen molar-refractivity contribution in [2.24, 2.45) is 5.10 Å². The standard InChI is InChI=1S/C12H15ClN2OS/c1-3-9(2)14-15-12(16)8-17-11-6-4-10(13)5-7-11/h4-7H,3,8H2,1-2H3,(H,15,16)/b14-9-. The predicted octanol–water partition coefficient (Wildman–Crippen LogP) is 3.33. The fourth-order valence-electron chi connectivity index (χ4n) is 0.949. The van der Waals surface area contributed by atoms with E-state index in [0.29, 0.717) is 10.8 Å². The number of nitrogens with one attached hydrogen (secondary N) is 1. The first kappa shape index (κ1) is 14.1. The number of rotatable bonds is 5. The quantitative estimate of drug-likeness (QED) is 0.507. The Bertz CT molecular complexity index is 403. The van der Waals surface area contributed by atoms with E-state index in [2.05, 4.69) is 10.5 Å². The molecule has 0 fully saturated rings. The highest BCUT2D eigenvalue weighted by molar-refractivity contribution is 8.00. The first-order valence-corrected chi connectivity index (χ1v) is 6.68. The number of carbonyl (C=O) groups is 1. The summed E-state index contributed by atoms with van der Waals surface area (Å²) in [6, 6.07) is 7.39. The molecule has 0 bridgehead atoms. The number of benzene rings is 1. The molecule has 0 aliphatic carbocycles. The molecule has 0 unspecified atom stereocenters. The smallest absolute Gasteiger partial charge is 0.250 e. The van der Waals surface area contributed by atoms with Crippen LogP contribution in [0.2, 0.25) is 5.02 Å². The Morgan fingerprint density at radius 2 is 2.06 bits per heavy atom.